The minimum absolute atomic E-state index is 0.139. The minimum atomic E-state index is -1.24. The highest BCUT2D eigenvalue weighted by Crippen LogP contribution is 2.28. The molecule has 10 nitrogen and oxygen atoms in total. The van der Waals surface area contributed by atoms with Gasteiger partial charge in [0.05, 0.1) is 12.1 Å². The van der Waals surface area contributed by atoms with Crippen molar-refractivity contribution < 1.29 is 29.3 Å². The fourth-order valence-corrected chi connectivity index (χ4v) is 6.35. The van der Waals surface area contributed by atoms with Crippen molar-refractivity contribution in [2.75, 3.05) is 0 Å². The SMILES string of the molecule is CC[C@H](C)[C@H](NC(=O)[C@H](CC1CCCCC1)NC(=O)OC(C)(C)C)C(=O)N[C@@H](Cc1c[nH]c2ccccc12)[C@@H](O)[C@@H](O)CC(C)C. The minimum Gasteiger partial charge on any atom is -0.444 e. The van der Waals surface area contributed by atoms with Crippen molar-refractivity contribution in [3.05, 3.63) is 36.0 Å². The van der Waals surface area contributed by atoms with Crippen LogP contribution in [0.4, 0.5) is 4.79 Å². The lowest BCUT2D eigenvalue weighted by Gasteiger charge is -2.33. The van der Waals surface area contributed by atoms with E-state index in [0.29, 0.717) is 19.3 Å². The summed E-state index contributed by atoms with van der Waals surface area (Å²) in [6.45, 7) is 13.1. The Bertz CT molecular complexity index is 1260. The summed E-state index contributed by atoms with van der Waals surface area (Å²) in [5, 5.41) is 32.0. The molecule has 1 aliphatic carbocycles. The molecule has 1 saturated carbocycles. The molecule has 0 bridgehead atoms. The second-order valence-corrected chi connectivity index (χ2v) is 14.7. The van der Waals surface area contributed by atoms with Gasteiger partial charge in [-0.15, -0.1) is 0 Å². The number of aliphatic hydroxyl groups is 2. The summed E-state index contributed by atoms with van der Waals surface area (Å²) in [7, 11) is 0. The zero-order valence-corrected chi connectivity index (χ0v) is 28.9. The van der Waals surface area contributed by atoms with Crippen LogP contribution < -0.4 is 16.0 Å². The Hall–Kier alpha value is -3.11. The lowest BCUT2D eigenvalue weighted by atomic mass is 9.84. The number of carbonyl (C=O) groups excluding carboxylic acids is 3. The average molecular weight is 643 g/mol. The number of ether oxygens (including phenoxy) is 1. The smallest absolute Gasteiger partial charge is 0.408 e. The molecule has 2 aromatic rings. The number of rotatable bonds is 15. The van der Waals surface area contributed by atoms with Gasteiger partial charge >= 0.3 is 6.09 Å². The highest BCUT2D eigenvalue weighted by atomic mass is 16.6. The van der Waals surface area contributed by atoms with Gasteiger partial charge in [-0.1, -0.05) is 84.4 Å². The van der Waals surface area contributed by atoms with Crippen LogP contribution in [0, 0.1) is 17.8 Å². The Balaban J connectivity index is 1.84. The Kier molecular flexibility index (Phi) is 13.9. The Morgan fingerprint density at radius 3 is 2.28 bits per heavy atom. The third kappa shape index (κ3) is 11.3. The van der Waals surface area contributed by atoms with Gasteiger partial charge < -0.3 is 35.9 Å². The maximum absolute atomic E-state index is 14.0. The number of benzene rings is 1. The van der Waals surface area contributed by atoms with Gasteiger partial charge in [0, 0.05) is 17.1 Å². The number of amides is 3. The molecule has 1 fully saturated rings. The molecule has 46 heavy (non-hydrogen) atoms. The Morgan fingerprint density at radius 1 is 0.978 bits per heavy atom. The average Bonchev–Trinajstić information content (AvgIpc) is 3.40. The summed E-state index contributed by atoms with van der Waals surface area (Å²) < 4.78 is 5.47. The van der Waals surface area contributed by atoms with Crippen molar-refractivity contribution in [1.82, 2.24) is 20.9 Å². The van der Waals surface area contributed by atoms with E-state index in [0.717, 1.165) is 42.1 Å². The van der Waals surface area contributed by atoms with Crippen molar-refractivity contribution in [3.8, 4) is 0 Å². The highest BCUT2D eigenvalue weighted by Gasteiger charge is 2.35. The molecule has 6 atom stereocenters. The van der Waals surface area contributed by atoms with E-state index in [4.69, 9.17) is 4.74 Å². The predicted octanol–water partition coefficient (Wildman–Crippen LogP) is 5.36. The molecule has 1 aromatic carbocycles. The number of H-pyrrole nitrogens is 1. The zero-order chi connectivity index (χ0) is 34.0. The normalized spacial score (nSPS) is 18.3. The topological polar surface area (TPSA) is 153 Å². The summed E-state index contributed by atoms with van der Waals surface area (Å²) in [5.74, 6) is -0.706. The molecule has 0 radical (unpaired) electrons. The number of aliphatic hydroxyl groups excluding tert-OH is 2. The number of aromatic amines is 1. The molecule has 1 aliphatic rings. The van der Waals surface area contributed by atoms with Crippen LogP contribution in [0.1, 0.15) is 105 Å². The number of hydrogen-bond donors (Lipinski definition) is 6. The number of aromatic nitrogens is 1. The van der Waals surface area contributed by atoms with Crippen LogP contribution in [0.3, 0.4) is 0 Å². The number of nitrogens with one attached hydrogen (secondary N) is 4. The third-order valence-corrected chi connectivity index (χ3v) is 9.06. The van der Waals surface area contributed by atoms with Crippen LogP contribution in [0.15, 0.2) is 30.5 Å². The van der Waals surface area contributed by atoms with Crippen molar-refractivity contribution in [1.29, 1.82) is 0 Å². The summed E-state index contributed by atoms with van der Waals surface area (Å²) in [6, 6.07) is 5.19. The molecule has 1 aromatic heterocycles. The maximum atomic E-state index is 14.0. The molecular weight excluding hydrogens is 584 g/mol. The Morgan fingerprint density at radius 2 is 1.65 bits per heavy atom. The van der Waals surface area contributed by atoms with Gasteiger partial charge in [0.15, 0.2) is 0 Å². The van der Waals surface area contributed by atoms with Gasteiger partial charge in [-0.05, 0) is 69.4 Å². The van der Waals surface area contributed by atoms with E-state index in [9.17, 15) is 24.6 Å². The molecule has 10 heteroatoms. The summed E-state index contributed by atoms with van der Waals surface area (Å²) in [6.07, 6.45) is 5.93. The number of fused-ring (bicyclic) bond motifs is 1. The maximum Gasteiger partial charge on any atom is 0.408 e. The van der Waals surface area contributed by atoms with Gasteiger partial charge in [0.2, 0.25) is 11.8 Å². The zero-order valence-electron chi connectivity index (χ0n) is 28.9. The quantitative estimate of drug-likeness (QED) is 0.154. The third-order valence-electron chi connectivity index (χ3n) is 9.06. The molecule has 0 aliphatic heterocycles. The van der Waals surface area contributed by atoms with E-state index in [2.05, 4.69) is 20.9 Å². The van der Waals surface area contributed by atoms with Gasteiger partial charge in [-0.3, -0.25) is 9.59 Å². The standard InChI is InChI=1S/C36H58N4O6/c1-8-23(4)31(40-33(43)29(19-24-14-10-9-11-15-24)39-35(45)46-36(5,6)7)34(44)38-28(32(42)30(41)18-22(2)3)20-25-21-37-27-17-13-12-16-26(25)27/h12-13,16-17,21-24,28-32,37,41-42H,8-11,14-15,18-20H2,1-7H3,(H,38,44)(H,39,45)(H,40,43)/t23-,28-,29-,30-,31-,32+/m0/s1. The number of alkyl carbamates (subject to hydrolysis) is 1. The molecular formula is C36H58N4O6. The first-order valence-electron chi connectivity index (χ1n) is 17.2. The first-order valence-corrected chi connectivity index (χ1v) is 17.2. The molecule has 0 unspecified atom stereocenters. The highest BCUT2D eigenvalue weighted by molar-refractivity contribution is 5.91. The van der Waals surface area contributed by atoms with Crippen LogP contribution in [0.2, 0.25) is 0 Å². The molecule has 3 rings (SSSR count). The molecule has 0 spiro atoms. The van der Waals surface area contributed by atoms with Crippen LogP contribution in [0.5, 0.6) is 0 Å². The Labute approximate surface area is 274 Å². The van der Waals surface area contributed by atoms with E-state index >= 15 is 0 Å². The molecule has 6 N–H and O–H groups in total. The van der Waals surface area contributed by atoms with E-state index in [1.54, 1.807) is 20.8 Å². The van der Waals surface area contributed by atoms with Gasteiger partial charge in [0.25, 0.3) is 0 Å². The lowest BCUT2D eigenvalue weighted by Crippen LogP contribution is -2.59. The fourth-order valence-electron chi connectivity index (χ4n) is 6.35. The van der Waals surface area contributed by atoms with E-state index in [-0.39, 0.29) is 24.2 Å². The summed E-state index contributed by atoms with van der Waals surface area (Å²) in [5.41, 5.74) is 1.11. The fraction of sp³-hybridized carbons (Fsp3) is 0.694. The van der Waals surface area contributed by atoms with Crippen LogP contribution in [-0.4, -0.2) is 69.0 Å². The summed E-state index contributed by atoms with van der Waals surface area (Å²) in [4.78, 5) is 43.9. The molecule has 258 valence electrons. The molecule has 1 heterocycles. The monoisotopic (exact) mass is 642 g/mol. The second kappa shape index (κ2) is 17.2. The van der Waals surface area contributed by atoms with Crippen molar-refractivity contribution in [2.45, 2.75) is 142 Å². The molecule has 3 amide bonds. The largest absolute Gasteiger partial charge is 0.444 e. The van der Waals surface area contributed by atoms with Crippen LogP contribution in [0.25, 0.3) is 10.9 Å². The number of carbonyl (C=O) groups is 3. The van der Waals surface area contributed by atoms with E-state index in [1.165, 1.54) is 6.42 Å². The summed E-state index contributed by atoms with van der Waals surface area (Å²) >= 11 is 0. The van der Waals surface area contributed by atoms with Crippen molar-refractivity contribution >= 4 is 28.8 Å². The predicted molar refractivity (Wildman–Crippen MR) is 181 cm³/mol. The lowest BCUT2D eigenvalue weighted by molar-refractivity contribution is -0.132. The second-order valence-electron chi connectivity index (χ2n) is 14.7. The first-order chi connectivity index (χ1) is 21.7. The number of hydrogen-bond acceptors (Lipinski definition) is 6. The van der Waals surface area contributed by atoms with Crippen molar-refractivity contribution in [3.63, 3.8) is 0 Å². The van der Waals surface area contributed by atoms with Crippen LogP contribution in [-0.2, 0) is 20.7 Å². The van der Waals surface area contributed by atoms with Gasteiger partial charge in [0.1, 0.15) is 23.8 Å². The van der Waals surface area contributed by atoms with E-state index in [1.807, 2.05) is 58.2 Å². The van der Waals surface area contributed by atoms with Crippen LogP contribution >= 0.6 is 0 Å². The number of para-hydroxylation sites is 1. The van der Waals surface area contributed by atoms with Gasteiger partial charge in [-0.2, -0.15) is 0 Å². The van der Waals surface area contributed by atoms with Gasteiger partial charge in [-0.25, -0.2) is 4.79 Å². The van der Waals surface area contributed by atoms with Crippen molar-refractivity contribution in [2.24, 2.45) is 17.8 Å². The molecule has 0 saturated heterocycles. The van der Waals surface area contributed by atoms with E-state index < -0.39 is 53.8 Å². The first kappa shape index (κ1) is 37.3.